The molecule has 0 saturated carbocycles. The standard InChI is InChI=1S/C12H11F2NO2/c1-2-5-15(8-12(16)17)7-9-3-4-10(13)6-11(9)14/h1,3-4,6H,5,7-8H2,(H,16,17). The van der Waals surface area contributed by atoms with Crippen LogP contribution in [0.2, 0.25) is 0 Å². The number of aliphatic carboxylic acids is 1. The van der Waals surface area contributed by atoms with Crippen molar-refractivity contribution in [1.29, 1.82) is 0 Å². The van der Waals surface area contributed by atoms with Gasteiger partial charge in [-0.3, -0.25) is 9.69 Å². The van der Waals surface area contributed by atoms with Gasteiger partial charge in [0.15, 0.2) is 0 Å². The van der Waals surface area contributed by atoms with E-state index in [2.05, 4.69) is 5.92 Å². The van der Waals surface area contributed by atoms with E-state index >= 15 is 0 Å². The first kappa shape index (κ1) is 13.1. The Bertz CT molecular complexity index is 454. The van der Waals surface area contributed by atoms with E-state index in [1.165, 1.54) is 11.0 Å². The van der Waals surface area contributed by atoms with Crippen LogP contribution in [0.5, 0.6) is 0 Å². The van der Waals surface area contributed by atoms with E-state index in [-0.39, 0.29) is 25.2 Å². The maximum atomic E-state index is 13.3. The van der Waals surface area contributed by atoms with Crippen LogP contribution in [0.3, 0.4) is 0 Å². The van der Waals surface area contributed by atoms with Gasteiger partial charge in [-0.05, 0) is 6.07 Å². The molecule has 0 spiro atoms. The molecule has 0 heterocycles. The maximum absolute atomic E-state index is 13.3. The molecule has 0 fully saturated rings. The first-order chi connectivity index (χ1) is 8.02. The third-order valence-electron chi connectivity index (χ3n) is 2.08. The molecule has 0 aliphatic heterocycles. The molecule has 0 amide bonds. The van der Waals surface area contributed by atoms with E-state index in [1.54, 1.807) is 0 Å². The third-order valence-corrected chi connectivity index (χ3v) is 2.08. The summed E-state index contributed by atoms with van der Waals surface area (Å²) in [5.74, 6) is -0.147. The van der Waals surface area contributed by atoms with E-state index in [9.17, 15) is 13.6 Å². The number of carboxylic acids is 1. The van der Waals surface area contributed by atoms with E-state index in [0.29, 0.717) is 0 Å². The average molecular weight is 239 g/mol. The molecule has 1 aromatic carbocycles. The highest BCUT2D eigenvalue weighted by atomic mass is 19.1. The molecule has 3 nitrogen and oxygen atoms in total. The average Bonchev–Trinajstić information content (AvgIpc) is 2.21. The van der Waals surface area contributed by atoms with Crippen LogP contribution in [0, 0.1) is 24.0 Å². The molecule has 0 radical (unpaired) electrons. The number of rotatable bonds is 5. The Hall–Kier alpha value is -1.93. The molecule has 17 heavy (non-hydrogen) atoms. The van der Waals surface area contributed by atoms with Gasteiger partial charge in [0, 0.05) is 18.2 Å². The third kappa shape index (κ3) is 4.21. The normalized spacial score (nSPS) is 10.2. The van der Waals surface area contributed by atoms with E-state index in [0.717, 1.165) is 12.1 Å². The van der Waals surface area contributed by atoms with Crippen molar-refractivity contribution in [3.05, 3.63) is 35.4 Å². The lowest BCUT2D eigenvalue weighted by Crippen LogP contribution is -2.30. The van der Waals surface area contributed by atoms with Crippen molar-refractivity contribution in [3.63, 3.8) is 0 Å². The summed E-state index contributed by atoms with van der Waals surface area (Å²) in [6, 6.07) is 3.15. The zero-order valence-electron chi connectivity index (χ0n) is 8.99. The Morgan fingerprint density at radius 2 is 2.18 bits per heavy atom. The van der Waals surface area contributed by atoms with Crippen molar-refractivity contribution < 1.29 is 18.7 Å². The first-order valence-corrected chi connectivity index (χ1v) is 4.84. The topological polar surface area (TPSA) is 40.5 Å². The zero-order valence-corrected chi connectivity index (χ0v) is 8.99. The summed E-state index contributed by atoms with van der Waals surface area (Å²) in [7, 11) is 0. The van der Waals surface area contributed by atoms with Crippen molar-refractivity contribution in [3.8, 4) is 12.3 Å². The van der Waals surface area contributed by atoms with Gasteiger partial charge in [0.2, 0.25) is 0 Å². The van der Waals surface area contributed by atoms with Crippen molar-refractivity contribution in [2.24, 2.45) is 0 Å². The molecule has 0 aromatic heterocycles. The Morgan fingerprint density at radius 3 is 2.71 bits per heavy atom. The largest absolute Gasteiger partial charge is 0.480 e. The summed E-state index contributed by atoms with van der Waals surface area (Å²) in [6.07, 6.45) is 5.08. The monoisotopic (exact) mass is 239 g/mol. The fraction of sp³-hybridized carbons (Fsp3) is 0.250. The number of hydrogen-bond acceptors (Lipinski definition) is 2. The lowest BCUT2D eigenvalue weighted by Gasteiger charge is -2.17. The molecular formula is C12H11F2NO2. The number of carboxylic acid groups (broad SMARTS) is 1. The van der Waals surface area contributed by atoms with Crippen molar-refractivity contribution >= 4 is 5.97 Å². The van der Waals surface area contributed by atoms with Crippen LogP contribution in [0.25, 0.3) is 0 Å². The number of nitrogens with zero attached hydrogens (tertiary/aromatic N) is 1. The van der Waals surface area contributed by atoms with Gasteiger partial charge in [-0.15, -0.1) is 6.42 Å². The molecule has 5 heteroatoms. The van der Waals surface area contributed by atoms with Crippen LogP contribution >= 0.6 is 0 Å². The van der Waals surface area contributed by atoms with E-state index in [4.69, 9.17) is 11.5 Å². The minimum atomic E-state index is -1.05. The molecule has 0 bridgehead atoms. The fourth-order valence-corrected chi connectivity index (χ4v) is 1.38. The lowest BCUT2D eigenvalue weighted by molar-refractivity contribution is -0.138. The summed E-state index contributed by atoms with van der Waals surface area (Å²) < 4.78 is 26.0. The van der Waals surface area contributed by atoms with Gasteiger partial charge in [-0.25, -0.2) is 8.78 Å². The van der Waals surface area contributed by atoms with Gasteiger partial charge < -0.3 is 5.11 Å². The molecule has 1 aromatic rings. The number of carbonyl (C=O) groups is 1. The van der Waals surface area contributed by atoms with E-state index in [1.807, 2.05) is 0 Å². The maximum Gasteiger partial charge on any atom is 0.317 e. The van der Waals surface area contributed by atoms with Crippen LogP contribution in [-0.2, 0) is 11.3 Å². The van der Waals surface area contributed by atoms with Crippen molar-refractivity contribution in [2.45, 2.75) is 6.54 Å². The zero-order chi connectivity index (χ0) is 12.8. The molecular weight excluding hydrogens is 228 g/mol. The second-order valence-corrected chi connectivity index (χ2v) is 3.48. The highest BCUT2D eigenvalue weighted by Crippen LogP contribution is 2.11. The Labute approximate surface area is 97.7 Å². The smallest absolute Gasteiger partial charge is 0.317 e. The molecule has 0 aliphatic rings. The number of benzene rings is 1. The predicted octanol–water partition coefficient (Wildman–Crippen LogP) is 1.48. The predicted molar refractivity (Wildman–Crippen MR) is 58.1 cm³/mol. The SMILES string of the molecule is C#CCN(CC(=O)O)Cc1ccc(F)cc1F. The van der Waals surface area contributed by atoms with Crippen LogP contribution in [0.1, 0.15) is 5.56 Å². The van der Waals surface area contributed by atoms with Crippen LogP contribution < -0.4 is 0 Å². The summed E-state index contributed by atoms with van der Waals surface area (Å²) in [4.78, 5) is 11.9. The molecule has 90 valence electrons. The van der Waals surface area contributed by atoms with Gasteiger partial charge in [0.1, 0.15) is 11.6 Å². The van der Waals surface area contributed by atoms with Crippen LogP contribution in [0.4, 0.5) is 8.78 Å². The molecule has 1 N–H and O–H groups in total. The quantitative estimate of drug-likeness (QED) is 0.791. The molecule has 0 atom stereocenters. The highest BCUT2D eigenvalue weighted by molar-refractivity contribution is 5.69. The molecule has 0 saturated heterocycles. The van der Waals surface area contributed by atoms with Gasteiger partial charge >= 0.3 is 5.97 Å². The number of halogens is 2. The van der Waals surface area contributed by atoms with Gasteiger partial charge in [0.05, 0.1) is 13.1 Å². The highest BCUT2D eigenvalue weighted by Gasteiger charge is 2.12. The Balaban J connectivity index is 2.78. The van der Waals surface area contributed by atoms with Crippen LogP contribution in [0.15, 0.2) is 18.2 Å². The van der Waals surface area contributed by atoms with Crippen molar-refractivity contribution in [2.75, 3.05) is 13.1 Å². The second-order valence-electron chi connectivity index (χ2n) is 3.48. The summed E-state index contributed by atoms with van der Waals surface area (Å²) >= 11 is 0. The van der Waals surface area contributed by atoms with E-state index < -0.39 is 17.6 Å². The van der Waals surface area contributed by atoms with Crippen molar-refractivity contribution in [1.82, 2.24) is 4.90 Å². The molecule has 0 unspecified atom stereocenters. The van der Waals surface area contributed by atoms with Crippen LogP contribution in [-0.4, -0.2) is 29.1 Å². The van der Waals surface area contributed by atoms with Gasteiger partial charge in [-0.2, -0.15) is 0 Å². The Morgan fingerprint density at radius 1 is 1.47 bits per heavy atom. The lowest BCUT2D eigenvalue weighted by atomic mass is 10.2. The van der Waals surface area contributed by atoms with Gasteiger partial charge in [0.25, 0.3) is 0 Å². The number of terminal acetylenes is 1. The minimum Gasteiger partial charge on any atom is -0.480 e. The fourth-order valence-electron chi connectivity index (χ4n) is 1.38. The molecule has 1 rings (SSSR count). The second kappa shape index (κ2) is 5.97. The summed E-state index contributed by atoms with van der Waals surface area (Å²) in [5.41, 5.74) is 0.211. The summed E-state index contributed by atoms with van der Waals surface area (Å²) in [5, 5.41) is 8.64. The molecule has 0 aliphatic carbocycles. The number of hydrogen-bond donors (Lipinski definition) is 1. The first-order valence-electron chi connectivity index (χ1n) is 4.84. The summed E-state index contributed by atoms with van der Waals surface area (Å²) in [6.45, 7) is -0.174. The minimum absolute atomic E-state index is 0.0304. The van der Waals surface area contributed by atoms with Gasteiger partial charge in [-0.1, -0.05) is 12.0 Å². The Kier molecular flexibility index (Phi) is 4.61.